The fraction of sp³-hybridized carbons (Fsp3) is 0.143. The van der Waals surface area contributed by atoms with Gasteiger partial charge in [-0.1, -0.05) is 15.9 Å². The predicted octanol–water partition coefficient (Wildman–Crippen LogP) is 2.78. The fourth-order valence-electron chi connectivity index (χ4n) is 2.07. The lowest BCUT2D eigenvalue weighted by Crippen LogP contribution is -2.09. The van der Waals surface area contributed by atoms with Crippen molar-refractivity contribution in [1.82, 2.24) is 20.3 Å². The number of nitrogens with zero attached hydrogens (tertiary/aromatic N) is 2. The molecule has 20 heavy (non-hydrogen) atoms. The van der Waals surface area contributed by atoms with Crippen LogP contribution in [-0.4, -0.2) is 15.0 Å². The van der Waals surface area contributed by atoms with Crippen LogP contribution in [0.4, 0.5) is 0 Å². The number of nitrogens with one attached hydrogen (secondary N) is 2. The quantitative estimate of drug-likeness (QED) is 0.689. The van der Waals surface area contributed by atoms with Gasteiger partial charge < -0.3 is 16.0 Å². The highest BCUT2D eigenvalue weighted by Crippen LogP contribution is 2.24. The van der Waals surface area contributed by atoms with E-state index in [0.717, 1.165) is 37.9 Å². The van der Waals surface area contributed by atoms with Crippen LogP contribution >= 0.6 is 15.9 Å². The monoisotopic (exact) mass is 331 g/mol. The molecule has 1 aromatic carbocycles. The van der Waals surface area contributed by atoms with E-state index in [1.54, 1.807) is 6.20 Å². The van der Waals surface area contributed by atoms with Crippen LogP contribution in [0.3, 0.4) is 0 Å². The molecule has 2 heterocycles. The highest BCUT2D eigenvalue weighted by Gasteiger charge is 2.07. The number of imidazole rings is 1. The van der Waals surface area contributed by atoms with Gasteiger partial charge in [0.2, 0.25) is 0 Å². The van der Waals surface area contributed by atoms with Crippen molar-refractivity contribution >= 4 is 37.9 Å². The SMILES string of the molecule is C/C(N)=C/NCc1nc2c(cnc3ccc(Br)cc32)[nH]1. The highest BCUT2D eigenvalue weighted by atomic mass is 79.9. The number of halogens is 1. The number of benzene rings is 1. The summed E-state index contributed by atoms with van der Waals surface area (Å²) in [5, 5.41) is 4.14. The first-order chi connectivity index (χ1) is 9.63. The van der Waals surface area contributed by atoms with Crippen LogP contribution < -0.4 is 11.1 Å². The zero-order valence-corrected chi connectivity index (χ0v) is 12.5. The smallest absolute Gasteiger partial charge is 0.126 e. The van der Waals surface area contributed by atoms with Crippen molar-refractivity contribution in [3.8, 4) is 0 Å². The second-order valence-electron chi connectivity index (χ2n) is 4.63. The van der Waals surface area contributed by atoms with E-state index in [1.807, 2.05) is 31.3 Å². The lowest BCUT2D eigenvalue weighted by Gasteiger charge is -1.98. The van der Waals surface area contributed by atoms with Crippen molar-refractivity contribution in [2.24, 2.45) is 5.73 Å². The number of allylic oxidation sites excluding steroid dienone is 1. The third-order valence-electron chi connectivity index (χ3n) is 2.93. The number of fused-ring (bicyclic) bond motifs is 3. The molecule has 0 aliphatic carbocycles. The van der Waals surface area contributed by atoms with Crippen molar-refractivity contribution in [2.45, 2.75) is 13.5 Å². The van der Waals surface area contributed by atoms with Gasteiger partial charge >= 0.3 is 0 Å². The molecule has 4 N–H and O–H groups in total. The number of pyridine rings is 1. The van der Waals surface area contributed by atoms with Gasteiger partial charge in [0, 0.05) is 21.8 Å². The average molecular weight is 332 g/mol. The molecule has 0 aliphatic heterocycles. The van der Waals surface area contributed by atoms with Gasteiger partial charge in [-0.3, -0.25) is 4.98 Å². The van der Waals surface area contributed by atoms with Crippen LogP contribution in [0, 0.1) is 0 Å². The maximum atomic E-state index is 5.58. The molecule has 0 saturated heterocycles. The normalized spacial score (nSPS) is 12.2. The molecule has 3 rings (SSSR count). The third kappa shape index (κ3) is 2.46. The zero-order valence-electron chi connectivity index (χ0n) is 10.9. The summed E-state index contributed by atoms with van der Waals surface area (Å²) in [5.41, 5.74) is 9.11. The lowest BCUT2D eigenvalue weighted by atomic mass is 10.2. The first-order valence-electron chi connectivity index (χ1n) is 6.22. The molecule has 0 amide bonds. The molecule has 102 valence electrons. The summed E-state index contributed by atoms with van der Waals surface area (Å²) in [6.07, 6.45) is 3.58. The molecule has 0 aliphatic rings. The molecule has 3 aromatic rings. The third-order valence-corrected chi connectivity index (χ3v) is 3.42. The summed E-state index contributed by atoms with van der Waals surface area (Å²) >= 11 is 3.48. The Kier molecular flexibility index (Phi) is 3.31. The Labute approximate surface area is 124 Å². The molecule has 0 bridgehead atoms. The van der Waals surface area contributed by atoms with Gasteiger partial charge in [0.05, 0.1) is 29.3 Å². The van der Waals surface area contributed by atoms with E-state index in [2.05, 4.69) is 36.2 Å². The van der Waals surface area contributed by atoms with E-state index >= 15 is 0 Å². The van der Waals surface area contributed by atoms with Gasteiger partial charge in [0.15, 0.2) is 0 Å². The van der Waals surface area contributed by atoms with E-state index < -0.39 is 0 Å². The minimum atomic E-state index is 0.596. The Hall–Kier alpha value is -2.08. The van der Waals surface area contributed by atoms with Gasteiger partial charge in [0.1, 0.15) is 5.82 Å². The Morgan fingerprint density at radius 3 is 3.15 bits per heavy atom. The summed E-state index contributed by atoms with van der Waals surface area (Å²) in [6, 6.07) is 5.99. The molecule has 6 heteroatoms. The molecule has 0 saturated carbocycles. The number of nitrogens with two attached hydrogens (primary N) is 1. The zero-order chi connectivity index (χ0) is 14.1. The summed E-state index contributed by atoms with van der Waals surface area (Å²) in [4.78, 5) is 12.3. The van der Waals surface area contributed by atoms with Crippen LogP contribution in [0.5, 0.6) is 0 Å². The van der Waals surface area contributed by atoms with Crippen molar-refractivity contribution < 1.29 is 0 Å². The number of aromatic amines is 1. The van der Waals surface area contributed by atoms with Crippen LogP contribution in [0.25, 0.3) is 21.9 Å². The van der Waals surface area contributed by atoms with Crippen LogP contribution in [0.15, 0.2) is 40.8 Å². The largest absolute Gasteiger partial charge is 0.401 e. The topological polar surface area (TPSA) is 79.6 Å². The van der Waals surface area contributed by atoms with Crippen molar-refractivity contribution in [1.29, 1.82) is 0 Å². The van der Waals surface area contributed by atoms with Gasteiger partial charge in [-0.15, -0.1) is 0 Å². The summed E-state index contributed by atoms with van der Waals surface area (Å²) in [5.74, 6) is 0.853. The molecular formula is C14H14BrN5. The Morgan fingerprint density at radius 2 is 2.35 bits per heavy atom. The fourth-order valence-corrected chi connectivity index (χ4v) is 2.43. The molecule has 0 unspecified atom stereocenters. The van der Waals surface area contributed by atoms with Gasteiger partial charge in [-0.2, -0.15) is 0 Å². The van der Waals surface area contributed by atoms with Gasteiger partial charge in [-0.05, 0) is 25.1 Å². The standard InChI is InChI=1S/C14H14BrN5/c1-8(16)5-17-7-13-19-12-6-18-11-3-2-9(15)4-10(11)14(12)20-13/h2-6,17H,7,16H2,1H3,(H,19,20)/b8-5-. The number of H-pyrrole nitrogens is 1. The van der Waals surface area contributed by atoms with Gasteiger partial charge in [0.25, 0.3) is 0 Å². The molecule has 0 spiro atoms. The van der Waals surface area contributed by atoms with Crippen LogP contribution in [0.1, 0.15) is 12.7 Å². The maximum Gasteiger partial charge on any atom is 0.126 e. The minimum Gasteiger partial charge on any atom is -0.401 e. The Bertz CT molecular complexity index is 802. The molecule has 0 fully saturated rings. The first kappa shape index (κ1) is 12.9. The second-order valence-corrected chi connectivity index (χ2v) is 5.55. The molecule has 5 nitrogen and oxygen atoms in total. The van der Waals surface area contributed by atoms with E-state index in [4.69, 9.17) is 5.73 Å². The van der Waals surface area contributed by atoms with Crippen LogP contribution in [0.2, 0.25) is 0 Å². The number of rotatable bonds is 3. The van der Waals surface area contributed by atoms with E-state index in [9.17, 15) is 0 Å². The van der Waals surface area contributed by atoms with Crippen molar-refractivity contribution in [2.75, 3.05) is 0 Å². The predicted molar refractivity (Wildman–Crippen MR) is 83.9 cm³/mol. The summed E-state index contributed by atoms with van der Waals surface area (Å²) in [6.45, 7) is 2.43. The average Bonchev–Trinajstić information content (AvgIpc) is 2.81. The van der Waals surface area contributed by atoms with Crippen molar-refractivity contribution in [3.63, 3.8) is 0 Å². The van der Waals surface area contributed by atoms with Gasteiger partial charge in [-0.25, -0.2) is 4.98 Å². The summed E-state index contributed by atoms with van der Waals surface area (Å²) in [7, 11) is 0. The maximum absolute atomic E-state index is 5.58. The number of aromatic nitrogens is 3. The molecule has 0 atom stereocenters. The van der Waals surface area contributed by atoms with Crippen LogP contribution in [-0.2, 0) is 6.54 Å². The molecular weight excluding hydrogens is 318 g/mol. The Morgan fingerprint density at radius 1 is 1.50 bits per heavy atom. The molecule has 2 aromatic heterocycles. The highest BCUT2D eigenvalue weighted by molar-refractivity contribution is 9.10. The first-order valence-corrected chi connectivity index (χ1v) is 7.01. The van der Waals surface area contributed by atoms with E-state index in [1.165, 1.54) is 0 Å². The van der Waals surface area contributed by atoms with Crippen molar-refractivity contribution in [3.05, 3.63) is 46.6 Å². The minimum absolute atomic E-state index is 0.596. The summed E-state index contributed by atoms with van der Waals surface area (Å²) < 4.78 is 1.02. The lowest BCUT2D eigenvalue weighted by molar-refractivity contribution is 0.808. The number of hydrogen-bond acceptors (Lipinski definition) is 4. The molecule has 0 radical (unpaired) electrons. The van der Waals surface area contributed by atoms with E-state index in [-0.39, 0.29) is 0 Å². The van der Waals surface area contributed by atoms with E-state index in [0.29, 0.717) is 6.54 Å². The second kappa shape index (κ2) is 5.13. The Balaban J connectivity index is 2.04. The number of hydrogen-bond donors (Lipinski definition) is 3.